The lowest BCUT2D eigenvalue weighted by molar-refractivity contribution is -0.136. The van der Waals surface area contributed by atoms with Crippen molar-refractivity contribution in [2.75, 3.05) is 6.61 Å². The van der Waals surface area contributed by atoms with Gasteiger partial charge in [-0.05, 0) is 42.7 Å². The predicted octanol–water partition coefficient (Wildman–Crippen LogP) is 4.99. The summed E-state index contributed by atoms with van der Waals surface area (Å²) >= 11 is 0. The smallest absolute Gasteiger partial charge is 0.303 e. The van der Waals surface area contributed by atoms with Gasteiger partial charge in [-0.3, -0.25) is 14.5 Å². The number of aliphatic carboxylic acids is 1. The SMILES string of the molecule is CCOc1nn(Cc2ccc(OCc3ccc(-c4ccccc4)cn3)cc2)cc1CCC(=O)O. The third-order valence-electron chi connectivity index (χ3n) is 5.27. The van der Waals surface area contributed by atoms with E-state index in [9.17, 15) is 4.79 Å². The number of rotatable bonds is 11. The second-order valence-corrected chi connectivity index (χ2v) is 7.82. The molecule has 0 bridgehead atoms. The van der Waals surface area contributed by atoms with Crippen LogP contribution in [0.2, 0.25) is 0 Å². The van der Waals surface area contributed by atoms with E-state index in [0.717, 1.165) is 33.7 Å². The Labute approximate surface area is 198 Å². The zero-order chi connectivity index (χ0) is 23.8. The van der Waals surface area contributed by atoms with Gasteiger partial charge < -0.3 is 14.6 Å². The molecule has 0 radical (unpaired) electrons. The van der Waals surface area contributed by atoms with Crippen LogP contribution < -0.4 is 9.47 Å². The van der Waals surface area contributed by atoms with Gasteiger partial charge in [-0.2, -0.15) is 0 Å². The Balaban J connectivity index is 1.33. The highest BCUT2D eigenvalue weighted by molar-refractivity contribution is 5.67. The highest BCUT2D eigenvalue weighted by Crippen LogP contribution is 2.21. The Kier molecular flexibility index (Phi) is 7.55. The topological polar surface area (TPSA) is 86.5 Å². The van der Waals surface area contributed by atoms with Crippen molar-refractivity contribution in [1.82, 2.24) is 14.8 Å². The van der Waals surface area contributed by atoms with Gasteiger partial charge in [0, 0.05) is 29.9 Å². The van der Waals surface area contributed by atoms with Gasteiger partial charge in [-0.15, -0.1) is 5.10 Å². The van der Waals surface area contributed by atoms with Crippen LogP contribution in [-0.2, 0) is 24.4 Å². The predicted molar refractivity (Wildman–Crippen MR) is 129 cm³/mol. The summed E-state index contributed by atoms with van der Waals surface area (Å²) in [5, 5.41) is 13.4. The fourth-order valence-corrected chi connectivity index (χ4v) is 3.54. The lowest BCUT2D eigenvalue weighted by Gasteiger charge is -2.08. The van der Waals surface area contributed by atoms with E-state index in [1.807, 2.05) is 67.8 Å². The van der Waals surface area contributed by atoms with E-state index in [4.69, 9.17) is 14.6 Å². The second-order valence-electron chi connectivity index (χ2n) is 7.82. The standard InChI is InChI=1S/C27H27N3O4/c1-2-33-27-23(11-15-26(31)32)18-30(29-27)17-20-8-13-25(14-9-20)34-19-24-12-10-22(16-28-24)21-6-4-3-5-7-21/h3-10,12-14,16,18H,2,11,15,17,19H2,1H3,(H,31,32). The summed E-state index contributed by atoms with van der Waals surface area (Å²) in [6, 6.07) is 22.0. The first-order chi connectivity index (χ1) is 16.6. The number of carboxylic acids is 1. The van der Waals surface area contributed by atoms with Gasteiger partial charge in [-0.1, -0.05) is 48.5 Å². The quantitative estimate of drug-likeness (QED) is 0.342. The molecule has 174 valence electrons. The van der Waals surface area contributed by atoms with Gasteiger partial charge in [0.15, 0.2) is 0 Å². The van der Waals surface area contributed by atoms with E-state index < -0.39 is 5.97 Å². The number of pyridine rings is 1. The number of hydrogen-bond donors (Lipinski definition) is 1. The van der Waals surface area contributed by atoms with Crippen molar-refractivity contribution < 1.29 is 19.4 Å². The lowest BCUT2D eigenvalue weighted by atomic mass is 10.1. The lowest BCUT2D eigenvalue weighted by Crippen LogP contribution is -2.02. The van der Waals surface area contributed by atoms with Crippen LogP contribution >= 0.6 is 0 Å². The molecule has 7 heteroatoms. The van der Waals surface area contributed by atoms with E-state index in [2.05, 4.69) is 28.3 Å². The Morgan fingerprint density at radius 3 is 2.44 bits per heavy atom. The summed E-state index contributed by atoms with van der Waals surface area (Å²) in [6.07, 6.45) is 4.14. The first-order valence-electron chi connectivity index (χ1n) is 11.2. The number of hydrogen-bond acceptors (Lipinski definition) is 5. The van der Waals surface area contributed by atoms with Crippen molar-refractivity contribution >= 4 is 5.97 Å². The summed E-state index contributed by atoms with van der Waals surface area (Å²) in [4.78, 5) is 15.4. The van der Waals surface area contributed by atoms with Gasteiger partial charge in [0.05, 0.1) is 18.8 Å². The summed E-state index contributed by atoms with van der Waals surface area (Å²) in [6.45, 7) is 3.30. The molecule has 0 saturated carbocycles. The van der Waals surface area contributed by atoms with Crippen LogP contribution in [0.4, 0.5) is 0 Å². The highest BCUT2D eigenvalue weighted by atomic mass is 16.5. The number of nitrogens with zero attached hydrogens (tertiary/aromatic N) is 3. The largest absolute Gasteiger partial charge is 0.487 e. The van der Waals surface area contributed by atoms with Crippen LogP contribution in [-0.4, -0.2) is 32.4 Å². The fraction of sp³-hybridized carbons (Fsp3) is 0.222. The minimum absolute atomic E-state index is 0.0433. The van der Waals surface area contributed by atoms with Crippen LogP contribution in [0.15, 0.2) is 79.1 Å². The summed E-state index contributed by atoms with van der Waals surface area (Å²) in [7, 11) is 0. The maximum absolute atomic E-state index is 10.9. The molecule has 0 saturated heterocycles. The normalized spacial score (nSPS) is 10.7. The van der Waals surface area contributed by atoms with Crippen LogP contribution in [0.3, 0.4) is 0 Å². The number of carboxylic acid groups (broad SMARTS) is 1. The van der Waals surface area contributed by atoms with Crippen LogP contribution in [0.25, 0.3) is 11.1 Å². The Morgan fingerprint density at radius 1 is 0.971 bits per heavy atom. The van der Waals surface area contributed by atoms with Gasteiger partial charge in [0.2, 0.25) is 5.88 Å². The number of ether oxygens (including phenoxy) is 2. The maximum Gasteiger partial charge on any atom is 0.303 e. The number of carbonyl (C=O) groups is 1. The minimum atomic E-state index is -0.840. The van der Waals surface area contributed by atoms with Crippen LogP contribution in [0, 0.1) is 0 Å². The van der Waals surface area contributed by atoms with Crippen molar-refractivity contribution in [3.8, 4) is 22.8 Å². The monoisotopic (exact) mass is 457 g/mol. The molecule has 7 nitrogen and oxygen atoms in total. The van der Waals surface area contributed by atoms with E-state index in [1.54, 1.807) is 4.68 Å². The van der Waals surface area contributed by atoms with Gasteiger partial charge in [-0.25, -0.2) is 0 Å². The first kappa shape index (κ1) is 23.0. The summed E-state index contributed by atoms with van der Waals surface area (Å²) in [5.74, 6) is 0.415. The average Bonchev–Trinajstić information content (AvgIpc) is 3.24. The Hall–Kier alpha value is -4.13. The molecule has 0 aliphatic rings. The zero-order valence-electron chi connectivity index (χ0n) is 19.1. The zero-order valence-corrected chi connectivity index (χ0v) is 19.1. The van der Waals surface area contributed by atoms with E-state index in [-0.39, 0.29) is 6.42 Å². The van der Waals surface area contributed by atoms with E-state index >= 15 is 0 Å². The molecule has 2 aromatic carbocycles. The number of aromatic nitrogens is 3. The third-order valence-corrected chi connectivity index (χ3v) is 5.27. The minimum Gasteiger partial charge on any atom is -0.487 e. The molecule has 0 atom stereocenters. The average molecular weight is 458 g/mol. The molecule has 0 amide bonds. The maximum atomic E-state index is 10.9. The van der Waals surface area contributed by atoms with Gasteiger partial charge in [0.25, 0.3) is 0 Å². The molecule has 1 N–H and O–H groups in total. The van der Waals surface area contributed by atoms with Crippen molar-refractivity contribution in [3.63, 3.8) is 0 Å². The van der Waals surface area contributed by atoms with Crippen LogP contribution in [0.1, 0.15) is 30.2 Å². The van der Waals surface area contributed by atoms with Crippen LogP contribution in [0.5, 0.6) is 11.6 Å². The molecule has 2 heterocycles. The molecule has 34 heavy (non-hydrogen) atoms. The Morgan fingerprint density at radius 2 is 1.76 bits per heavy atom. The van der Waals surface area contributed by atoms with Crippen molar-refractivity contribution in [2.24, 2.45) is 0 Å². The fourth-order valence-electron chi connectivity index (χ4n) is 3.54. The summed E-state index contributed by atoms with van der Waals surface area (Å²) < 4.78 is 13.2. The van der Waals surface area contributed by atoms with E-state index in [0.29, 0.717) is 32.1 Å². The Bertz CT molecular complexity index is 1200. The molecule has 0 unspecified atom stereocenters. The van der Waals surface area contributed by atoms with Crippen molar-refractivity contribution in [2.45, 2.75) is 32.9 Å². The molecular weight excluding hydrogens is 430 g/mol. The molecule has 4 aromatic rings. The van der Waals surface area contributed by atoms with E-state index in [1.165, 1.54) is 0 Å². The molecule has 2 aromatic heterocycles. The molecule has 4 rings (SSSR count). The molecule has 0 spiro atoms. The summed E-state index contributed by atoms with van der Waals surface area (Å²) in [5.41, 5.74) is 4.92. The number of benzene rings is 2. The van der Waals surface area contributed by atoms with Crippen molar-refractivity contribution in [3.05, 3.63) is 95.9 Å². The van der Waals surface area contributed by atoms with Gasteiger partial charge >= 0.3 is 5.97 Å². The van der Waals surface area contributed by atoms with Crippen molar-refractivity contribution in [1.29, 1.82) is 0 Å². The molecule has 0 fully saturated rings. The van der Waals surface area contributed by atoms with Gasteiger partial charge in [0.1, 0.15) is 12.4 Å². The number of aryl methyl sites for hydroxylation is 1. The second kappa shape index (κ2) is 11.1. The molecular formula is C27H27N3O4. The highest BCUT2D eigenvalue weighted by Gasteiger charge is 2.12. The third kappa shape index (κ3) is 6.22. The first-order valence-corrected chi connectivity index (χ1v) is 11.2. The molecule has 0 aliphatic heterocycles. The molecule has 0 aliphatic carbocycles.